The van der Waals surface area contributed by atoms with Gasteiger partial charge >= 0.3 is 0 Å². The minimum absolute atomic E-state index is 0.371. The molecule has 0 aliphatic rings. The van der Waals surface area contributed by atoms with Crippen LogP contribution in [0.4, 0.5) is 0 Å². The summed E-state index contributed by atoms with van der Waals surface area (Å²) >= 11 is 10.1. The standard InChI is InChI=1S/C16H17ClO.C11H16S.C9H12S/c1-3-13-5-8-15(9-6-13)18-11-14-7-4-12(2)10-16(14)17;1-11(2,3)12-9-10-7-5-4-6-8-10;1-2-10-8-9-6-4-3-5-7-9/h4-10H,3,11H2,1-2H3;4-8H,9H2,1-3H3;3-7H,2,8H2,1H3. The van der Waals surface area contributed by atoms with Crippen LogP contribution in [0.15, 0.2) is 103 Å². The number of hydrogen-bond donors (Lipinski definition) is 0. The summed E-state index contributed by atoms with van der Waals surface area (Å²) in [4.78, 5) is 0. The molecule has 40 heavy (non-hydrogen) atoms. The molecule has 0 unspecified atom stereocenters. The van der Waals surface area contributed by atoms with Crippen LogP contribution in [0.25, 0.3) is 0 Å². The predicted octanol–water partition coefficient (Wildman–Crippen LogP) is 11.4. The van der Waals surface area contributed by atoms with Crippen molar-refractivity contribution < 1.29 is 4.74 Å². The molecule has 0 fully saturated rings. The van der Waals surface area contributed by atoms with Gasteiger partial charge in [-0.05, 0) is 59.6 Å². The van der Waals surface area contributed by atoms with Crippen LogP contribution in [0.3, 0.4) is 0 Å². The first-order valence-corrected chi connectivity index (χ1v) is 16.5. The molecule has 0 amide bonds. The summed E-state index contributed by atoms with van der Waals surface area (Å²) in [7, 11) is 0. The SMILES string of the molecule is CC(C)(C)SCc1ccccc1.CCSCc1ccccc1.CCc1ccc(OCc2ccc(C)cc2Cl)cc1. The topological polar surface area (TPSA) is 9.23 Å². The van der Waals surface area contributed by atoms with Gasteiger partial charge in [0.25, 0.3) is 0 Å². The van der Waals surface area contributed by atoms with Crippen molar-refractivity contribution in [1.82, 2.24) is 0 Å². The summed E-state index contributed by atoms with van der Waals surface area (Å²) in [5.74, 6) is 4.35. The van der Waals surface area contributed by atoms with Crippen molar-refractivity contribution in [2.24, 2.45) is 0 Å². The highest BCUT2D eigenvalue weighted by Gasteiger charge is 2.09. The van der Waals surface area contributed by atoms with E-state index in [0.29, 0.717) is 11.4 Å². The maximum absolute atomic E-state index is 6.16. The highest BCUT2D eigenvalue weighted by molar-refractivity contribution is 7.99. The fourth-order valence-electron chi connectivity index (χ4n) is 3.42. The van der Waals surface area contributed by atoms with E-state index < -0.39 is 0 Å². The van der Waals surface area contributed by atoms with E-state index in [1.165, 1.54) is 22.4 Å². The molecule has 4 aromatic rings. The van der Waals surface area contributed by atoms with Crippen LogP contribution in [0.2, 0.25) is 5.02 Å². The van der Waals surface area contributed by atoms with E-state index >= 15 is 0 Å². The third kappa shape index (κ3) is 14.9. The van der Waals surface area contributed by atoms with E-state index in [0.717, 1.165) is 39.8 Å². The molecule has 0 spiro atoms. The van der Waals surface area contributed by atoms with Gasteiger partial charge in [0, 0.05) is 26.8 Å². The van der Waals surface area contributed by atoms with Gasteiger partial charge in [-0.3, -0.25) is 0 Å². The molecule has 0 N–H and O–H groups in total. The van der Waals surface area contributed by atoms with Gasteiger partial charge in [0.1, 0.15) is 12.4 Å². The zero-order valence-electron chi connectivity index (χ0n) is 25.0. The van der Waals surface area contributed by atoms with Crippen molar-refractivity contribution in [3.63, 3.8) is 0 Å². The van der Waals surface area contributed by atoms with Gasteiger partial charge in [0.15, 0.2) is 0 Å². The average molecular weight is 593 g/mol. The van der Waals surface area contributed by atoms with E-state index in [9.17, 15) is 0 Å². The lowest BCUT2D eigenvalue weighted by molar-refractivity contribution is 0.306. The second kappa shape index (κ2) is 18.9. The van der Waals surface area contributed by atoms with Crippen LogP contribution in [0.1, 0.15) is 62.4 Å². The Morgan fingerprint density at radius 2 is 1.27 bits per heavy atom. The fourth-order valence-corrected chi connectivity index (χ4v) is 5.13. The molecule has 0 aromatic heterocycles. The van der Waals surface area contributed by atoms with E-state index in [1.54, 1.807) is 0 Å². The Kier molecular flexibility index (Phi) is 16.0. The van der Waals surface area contributed by atoms with Crippen LogP contribution >= 0.6 is 35.1 Å². The zero-order chi connectivity index (χ0) is 29.2. The van der Waals surface area contributed by atoms with Gasteiger partial charge in [0.05, 0.1) is 0 Å². The summed E-state index contributed by atoms with van der Waals surface area (Å²) in [5, 5.41) is 0.764. The Hall–Kier alpha value is -2.33. The number of rotatable bonds is 9. The molecule has 0 saturated carbocycles. The van der Waals surface area contributed by atoms with E-state index in [4.69, 9.17) is 16.3 Å². The Morgan fingerprint density at radius 3 is 1.77 bits per heavy atom. The van der Waals surface area contributed by atoms with Gasteiger partial charge in [-0.1, -0.05) is 131 Å². The molecule has 0 bridgehead atoms. The number of aryl methyl sites for hydroxylation is 2. The minimum atomic E-state index is 0.371. The van der Waals surface area contributed by atoms with Crippen LogP contribution in [0.5, 0.6) is 5.75 Å². The van der Waals surface area contributed by atoms with Gasteiger partial charge in [-0.15, -0.1) is 0 Å². The van der Waals surface area contributed by atoms with Gasteiger partial charge < -0.3 is 4.74 Å². The number of hydrogen-bond acceptors (Lipinski definition) is 3. The van der Waals surface area contributed by atoms with Crippen molar-refractivity contribution in [2.45, 2.75) is 70.8 Å². The lowest BCUT2D eigenvalue weighted by Gasteiger charge is -2.17. The Balaban J connectivity index is 0.000000222. The average Bonchev–Trinajstić information content (AvgIpc) is 2.96. The van der Waals surface area contributed by atoms with Crippen LogP contribution < -0.4 is 4.74 Å². The highest BCUT2D eigenvalue weighted by Crippen LogP contribution is 2.26. The van der Waals surface area contributed by atoms with E-state index in [2.05, 4.69) is 107 Å². The predicted molar refractivity (Wildman–Crippen MR) is 182 cm³/mol. The van der Waals surface area contributed by atoms with Crippen molar-refractivity contribution in [2.75, 3.05) is 5.75 Å². The maximum Gasteiger partial charge on any atom is 0.119 e. The third-order valence-electron chi connectivity index (χ3n) is 5.76. The summed E-state index contributed by atoms with van der Waals surface area (Å²) in [6, 6.07) is 35.4. The molecule has 4 heteroatoms. The van der Waals surface area contributed by atoms with Crippen molar-refractivity contribution in [3.8, 4) is 5.75 Å². The molecular formula is C36H45ClOS2. The number of benzene rings is 4. The van der Waals surface area contributed by atoms with Gasteiger partial charge in [0.2, 0.25) is 0 Å². The molecule has 0 aliphatic carbocycles. The Bertz CT molecular complexity index is 1200. The molecule has 0 heterocycles. The molecule has 4 aromatic carbocycles. The quantitative estimate of drug-likeness (QED) is 0.191. The second-order valence-corrected chi connectivity index (χ2v) is 13.9. The monoisotopic (exact) mass is 592 g/mol. The Morgan fingerprint density at radius 1 is 0.700 bits per heavy atom. The fraction of sp³-hybridized carbons (Fsp3) is 0.333. The Labute approximate surface area is 257 Å². The normalized spacial score (nSPS) is 10.6. The first-order valence-electron chi connectivity index (χ1n) is 14.0. The smallest absolute Gasteiger partial charge is 0.119 e. The highest BCUT2D eigenvalue weighted by atomic mass is 35.5. The minimum Gasteiger partial charge on any atom is -0.489 e. The first-order chi connectivity index (χ1) is 19.2. The van der Waals surface area contributed by atoms with Gasteiger partial charge in [-0.25, -0.2) is 0 Å². The molecule has 0 atom stereocenters. The van der Waals surface area contributed by atoms with Crippen molar-refractivity contribution in [1.29, 1.82) is 0 Å². The van der Waals surface area contributed by atoms with Crippen LogP contribution in [-0.2, 0) is 24.5 Å². The van der Waals surface area contributed by atoms with E-state index in [-0.39, 0.29) is 0 Å². The summed E-state index contributed by atoms with van der Waals surface area (Å²) in [6.45, 7) is 13.6. The van der Waals surface area contributed by atoms with Crippen molar-refractivity contribution >= 4 is 35.1 Å². The summed E-state index contributed by atoms with van der Waals surface area (Å²) < 4.78 is 6.10. The van der Waals surface area contributed by atoms with Crippen molar-refractivity contribution in [3.05, 3.63) is 136 Å². The molecule has 0 radical (unpaired) electrons. The lowest BCUT2D eigenvalue weighted by atomic mass is 10.1. The maximum atomic E-state index is 6.16. The number of thioether (sulfide) groups is 2. The molecule has 0 aliphatic heterocycles. The summed E-state index contributed by atoms with van der Waals surface area (Å²) in [5.41, 5.74) is 6.33. The molecular weight excluding hydrogens is 548 g/mol. The molecule has 4 rings (SSSR count). The largest absolute Gasteiger partial charge is 0.489 e. The third-order valence-corrected chi connectivity index (χ3v) is 8.41. The second-order valence-electron chi connectivity index (χ2n) is 10.4. The van der Waals surface area contributed by atoms with Crippen LogP contribution in [-0.4, -0.2) is 10.5 Å². The molecule has 1 nitrogen and oxygen atoms in total. The molecule has 214 valence electrons. The summed E-state index contributed by atoms with van der Waals surface area (Å²) in [6.07, 6.45) is 1.05. The number of halogens is 1. The van der Waals surface area contributed by atoms with Gasteiger partial charge in [-0.2, -0.15) is 23.5 Å². The lowest BCUT2D eigenvalue weighted by Crippen LogP contribution is -2.07. The first kappa shape index (κ1) is 33.9. The van der Waals surface area contributed by atoms with Crippen LogP contribution in [0, 0.1) is 6.92 Å². The molecule has 0 saturated heterocycles. The van der Waals surface area contributed by atoms with E-state index in [1.807, 2.05) is 60.8 Å². The zero-order valence-corrected chi connectivity index (χ0v) is 27.3. The number of ether oxygens (including phenoxy) is 1.